The number of thiophene rings is 1. The zero-order valence-corrected chi connectivity index (χ0v) is 19.9. The lowest BCUT2D eigenvalue weighted by atomic mass is 10.1. The average molecular weight is 479 g/mol. The van der Waals surface area contributed by atoms with Crippen molar-refractivity contribution < 1.29 is 19.0 Å². The lowest BCUT2D eigenvalue weighted by molar-refractivity contribution is 0.0973. The fraction of sp³-hybridized carbons (Fsp3) is 0.269. The van der Waals surface area contributed by atoms with Crippen molar-refractivity contribution in [1.29, 1.82) is 0 Å². The summed E-state index contributed by atoms with van der Waals surface area (Å²) < 4.78 is 16.2. The van der Waals surface area contributed by atoms with Crippen LogP contribution in [0.5, 0.6) is 5.75 Å². The van der Waals surface area contributed by atoms with Gasteiger partial charge in [-0.2, -0.15) is 0 Å². The van der Waals surface area contributed by atoms with Gasteiger partial charge in [0.25, 0.3) is 5.56 Å². The summed E-state index contributed by atoms with van der Waals surface area (Å²) >= 11 is 1.34. The summed E-state index contributed by atoms with van der Waals surface area (Å²) in [5.74, 6) is 0.630. The maximum atomic E-state index is 12.8. The maximum Gasteiger partial charge on any atom is 0.260 e. The Bertz CT molecular complexity index is 1330. The first-order valence-electron chi connectivity index (χ1n) is 10.9. The van der Waals surface area contributed by atoms with Gasteiger partial charge in [0.15, 0.2) is 11.6 Å². The monoisotopic (exact) mass is 478 g/mol. The van der Waals surface area contributed by atoms with Crippen LogP contribution in [0.15, 0.2) is 58.7 Å². The molecule has 8 heteroatoms. The van der Waals surface area contributed by atoms with Crippen LogP contribution in [-0.2, 0) is 35.7 Å². The van der Waals surface area contributed by atoms with Crippen molar-refractivity contribution in [2.75, 3.05) is 14.2 Å². The van der Waals surface area contributed by atoms with E-state index < -0.39 is 0 Å². The Hall–Kier alpha value is -3.33. The summed E-state index contributed by atoms with van der Waals surface area (Å²) in [7, 11) is 3.27. The Morgan fingerprint density at radius 1 is 1.00 bits per heavy atom. The second-order valence-electron chi connectivity index (χ2n) is 7.87. The van der Waals surface area contributed by atoms with Crippen LogP contribution in [0, 0.1) is 0 Å². The third-order valence-electron chi connectivity index (χ3n) is 5.42. The Morgan fingerprint density at radius 3 is 2.50 bits per heavy atom. The number of ketones is 1. The van der Waals surface area contributed by atoms with Crippen LogP contribution in [0.1, 0.15) is 39.3 Å². The molecule has 2 heterocycles. The van der Waals surface area contributed by atoms with Crippen LogP contribution in [0.25, 0.3) is 10.2 Å². The van der Waals surface area contributed by atoms with Gasteiger partial charge in [-0.25, -0.2) is 4.98 Å². The van der Waals surface area contributed by atoms with Crippen molar-refractivity contribution in [1.82, 2.24) is 9.97 Å². The average Bonchev–Trinajstić information content (AvgIpc) is 3.27. The van der Waals surface area contributed by atoms with E-state index >= 15 is 0 Å². The van der Waals surface area contributed by atoms with Gasteiger partial charge in [0, 0.05) is 19.1 Å². The number of ether oxygens (including phenoxy) is 3. The van der Waals surface area contributed by atoms with Crippen LogP contribution in [0.4, 0.5) is 0 Å². The second kappa shape index (κ2) is 11.2. The number of carbonyl (C=O) groups excluding carboxylic acids is 1. The smallest absolute Gasteiger partial charge is 0.260 e. The van der Waals surface area contributed by atoms with E-state index in [2.05, 4.69) is 9.97 Å². The molecule has 0 saturated heterocycles. The quantitative estimate of drug-likeness (QED) is 0.315. The molecule has 0 fully saturated rings. The van der Waals surface area contributed by atoms with Gasteiger partial charge >= 0.3 is 0 Å². The number of rotatable bonds is 11. The highest BCUT2D eigenvalue weighted by Gasteiger charge is 2.16. The van der Waals surface area contributed by atoms with Crippen molar-refractivity contribution in [3.05, 3.63) is 92.3 Å². The molecule has 1 N–H and O–H groups in total. The summed E-state index contributed by atoms with van der Waals surface area (Å²) in [6.45, 7) is 1.29. The predicted octanol–water partition coefficient (Wildman–Crippen LogP) is 4.67. The first-order chi connectivity index (χ1) is 16.6. The van der Waals surface area contributed by atoms with Crippen LogP contribution in [0.2, 0.25) is 0 Å². The highest BCUT2D eigenvalue weighted by Crippen LogP contribution is 2.23. The van der Waals surface area contributed by atoms with Gasteiger partial charge in [-0.05, 0) is 40.6 Å². The predicted molar refractivity (Wildman–Crippen MR) is 132 cm³/mol. The van der Waals surface area contributed by atoms with Gasteiger partial charge in [0.2, 0.25) is 0 Å². The number of nitrogens with zero attached hydrogens (tertiary/aromatic N) is 1. The van der Waals surface area contributed by atoms with E-state index in [0.717, 1.165) is 28.0 Å². The number of methoxy groups -OCH3 is 2. The molecule has 0 amide bonds. The molecule has 0 bridgehead atoms. The third-order valence-corrected chi connectivity index (χ3v) is 6.34. The van der Waals surface area contributed by atoms with Crippen LogP contribution >= 0.6 is 11.3 Å². The van der Waals surface area contributed by atoms with E-state index in [1.807, 2.05) is 53.9 Å². The van der Waals surface area contributed by atoms with E-state index in [9.17, 15) is 9.59 Å². The van der Waals surface area contributed by atoms with E-state index in [4.69, 9.17) is 14.2 Å². The largest absolute Gasteiger partial charge is 0.497 e. The molecule has 0 aliphatic heterocycles. The van der Waals surface area contributed by atoms with E-state index in [1.165, 1.54) is 11.3 Å². The zero-order chi connectivity index (χ0) is 23.9. The topological polar surface area (TPSA) is 90.5 Å². The molecular weight excluding hydrogens is 452 g/mol. The van der Waals surface area contributed by atoms with Gasteiger partial charge in [0.1, 0.15) is 10.6 Å². The molecule has 0 spiro atoms. The molecule has 176 valence electrons. The standard InChI is InChI=1S/C26H26N2O5S/c1-31-13-18-6-8-19(9-7-18)14-33-15-20-16-34-26-23(20)25(30)27-24(28-26)22(29)11-10-17-4-3-5-21(12-17)32-2/h3-9,12,16H,10-11,13-15H2,1-2H3,(H,27,28,30). The minimum Gasteiger partial charge on any atom is -0.497 e. The Balaban J connectivity index is 1.39. The number of fused-ring (bicyclic) bond motifs is 1. The Kier molecular flexibility index (Phi) is 7.84. The molecule has 0 atom stereocenters. The minimum absolute atomic E-state index is 0.0888. The van der Waals surface area contributed by atoms with Crippen LogP contribution in [-0.4, -0.2) is 30.0 Å². The van der Waals surface area contributed by atoms with Crippen molar-refractivity contribution in [3.63, 3.8) is 0 Å². The number of benzene rings is 2. The van der Waals surface area contributed by atoms with Gasteiger partial charge in [-0.3, -0.25) is 9.59 Å². The second-order valence-corrected chi connectivity index (χ2v) is 8.73. The lowest BCUT2D eigenvalue weighted by Gasteiger charge is -2.06. The Labute approximate surface area is 201 Å². The Morgan fingerprint density at radius 2 is 1.76 bits per heavy atom. The number of Topliss-reactive ketones (excluding diaryl/α,β-unsaturated/α-hetero) is 1. The van der Waals surface area contributed by atoms with Gasteiger partial charge in [0.05, 0.1) is 32.3 Å². The van der Waals surface area contributed by atoms with Crippen LogP contribution < -0.4 is 10.3 Å². The molecule has 0 aliphatic rings. The number of hydrogen-bond acceptors (Lipinski definition) is 7. The number of aryl methyl sites for hydroxylation is 1. The summed E-state index contributed by atoms with van der Waals surface area (Å²) in [5, 5.41) is 2.34. The molecular formula is C26H26N2O5S. The minimum atomic E-state index is -0.321. The maximum absolute atomic E-state index is 12.8. The highest BCUT2D eigenvalue weighted by molar-refractivity contribution is 7.16. The van der Waals surface area contributed by atoms with Gasteiger partial charge < -0.3 is 19.2 Å². The fourth-order valence-corrected chi connectivity index (χ4v) is 4.55. The molecule has 4 rings (SSSR count). The number of aromatic amines is 1. The number of hydrogen-bond donors (Lipinski definition) is 1. The molecule has 2 aromatic heterocycles. The summed E-state index contributed by atoms with van der Waals surface area (Å²) in [5.41, 5.74) is 3.57. The first-order valence-corrected chi connectivity index (χ1v) is 11.8. The fourth-order valence-electron chi connectivity index (χ4n) is 3.63. The molecule has 7 nitrogen and oxygen atoms in total. The molecule has 0 saturated carbocycles. The lowest BCUT2D eigenvalue weighted by Crippen LogP contribution is -2.16. The molecule has 4 aromatic rings. The van der Waals surface area contributed by atoms with Crippen molar-refractivity contribution in [2.24, 2.45) is 0 Å². The zero-order valence-electron chi connectivity index (χ0n) is 19.1. The normalized spacial score (nSPS) is 11.1. The summed E-state index contributed by atoms with van der Waals surface area (Å²) in [6, 6.07) is 15.6. The molecule has 0 aliphatic carbocycles. The first kappa shape index (κ1) is 23.8. The molecule has 34 heavy (non-hydrogen) atoms. The van der Waals surface area contributed by atoms with Crippen molar-refractivity contribution in [2.45, 2.75) is 32.7 Å². The SMILES string of the molecule is COCc1ccc(COCc2csc3nc(C(=O)CCc4cccc(OC)c4)[nH]c(=O)c23)cc1. The van der Waals surface area contributed by atoms with E-state index in [0.29, 0.717) is 29.9 Å². The van der Waals surface area contributed by atoms with Crippen LogP contribution in [0.3, 0.4) is 0 Å². The van der Waals surface area contributed by atoms with Crippen molar-refractivity contribution >= 4 is 27.3 Å². The highest BCUT2D eigenvalue weighted by atomic mass is 32.1. The number of H-pyrrole nitrogens is 1. The summed E-state index contributed by atoms with van der Waals surface area (Å²) in [4.78, 5) is 33.0. The van der Waals surface area contributed by atoms with Gasteiger partial charge in [-0.1, -0.05) is 36.4 Å². The number of carbonyl (C=O) groups is 1. The van der Waals surface area contributed by atoms with Crippen molar-refractivity contribution in [3.8, 4) is 5.75 Å². The van der Waals surface area contributed by atoms with E-state index in [-0.39, 0.29) is 30.2 Å². The number of nitrogens with one attached hydrogen (secondary N) is 1. The van der Waals surface area contributed by atoms with Gasteiger partial charge in [-0.15, -0.1) is 11.3 Å². The summed E-state index contributed by atoms with van der Waals surface area (Å²) in [6.07, 6.45) is 0.778. The van der Waals surface area contributed by atoms with E-state index in [1.54, 1.807) is 14.2 Å². The molecule has 0 unspecified atom stereocenters. The number of aromatic nitrogens is 2. The molecule has 0 radical (unpaired) electrons. The molecule has 2 aromatic carbocycles. The third kappa shape index (κ3) is 5.77.